The predicted octanol–water partition coefficient (Wildman–Crippen LogP) is 4.37. The molecule has 0 saturated carbocycles. The first kappa shape index (κ1) is 19.4. The van der Waals surface area contributed by atoms with Crippen molar-refractivity contribution in [1.82, 2.24) is 4.98 Å². The molecule has 3 N–H and O–H groups in total. The molecule has 0 aliphatic carbocycles. The lowest BCUT2D eigenvalue weighted by atomic mass is 10.2. The number of nitrogens with one attached hydrogen (secondary N) is 3. The molecule has 0 unspecified atom stereocenters. The van der Waals surface area contributed by atoms with Crippen LogP contribution >= 0.6 is 11.3 Å². The summed E-state index contributed by atoms with van der Waals surface area (Å²) in [6.45, 7) is 0. The first-order valence-corrected chi connectivity index (χ1v) is 9.52. The minimum atomic E-state index is -0.358. The van der Waals surface area contributed by atoms with Gasteiger partial charge in [-0.25, -0.2) is 9.78 Å². The van der Waals surface area contributed by atoms with Gasteiger partial charge >= 0.3 is 6.03 Å². The third-order valence-corrected chi connectivity index (χ3v) is 4.57. The van der Waals surface area contributed by atoms with Crippen LogP contribution in [-0.2, 0) is 11.2 Å². The summed E-state index contributed by atoms with van der Waals surface area (Å²) in [6, 6.07) is 16.0. The lowest BCUT2D eigenvalue weighted by molar-refractivity contribution is -0.116. The summed E-state index contributed by atoms with van der Waals surface area (Å²) in [5, 5.41) is 10.6. The summed E-state index contributed by atoms with van der Waals surface area (Å²) in [4.78, 5) is 28.4. The molecule has 2 aromatic carbocycles. The molecule has 1 aromatic heterocycles. The van der Waals surface area contributed by atoms with Crippen LogP contribution in [-0.4, -0.2) is 24.0 Å². The fourth-order valence-corrected chi connectivity index (χ4v) is 3.17. The van der Waals surface area contributed by atoms with E-state index in [2.05, 4.69) is 20.9 Å². The van der Waals surface area contributed by atoms with E-state index in [1.807, 2.05) is 35.7 Å². The van der Waals surface area contributed by atoms with Crippen molar-refractivity contribution < 1.29 is 14.3 Å². The van der Waals surface area contributed by atoms with Crippen LogP contribution in [0.25, 0.3) is 0 Å². The van der Waals surface area contributed by atoms with E-state index >= 15 is 0 Å². The molecule has 0 aliphatic rings. The minimum absolute atomic E-state index is 0.113. The average Bonchev–Trinajstić information content (AvgIpc) is 3.14. The highest BCUT2D eigenvalue weighted by molar-refractivity contribution is 7.13. The van der Waals surface area contributed by atoms with Crippen LogP contribution < -0.4 is 20.7 Å². The number of urea groups is 1. The van der Waals surface area contributed by atoms with Gasteiger partial charge in [-0.1, -0.05) is 24.3 Å². The van der Waals surface area contributed by atoms with E-state index in [1.165, 1.54) is 11.3 Å². The topological polar surface area (TPSA) is 92.4 Å². The molecule has 0 fully saturated rings. The number of rotatable bonds is 7. The quantitative estimate of drug-likeness (QED) is 0.553. The number of ether oxygens (including phenoxy) is 1. The zero-order valence-electron chi connectivity index (χ0n) is 15.3. The van der Waals surface area contributed by atoms with Gasteiger partial charge in [0.05, 0.1) is 12.8 Å². The van der Waals surface area contributed by atoms with E-state index < -0.39 is 0 Å². The van der Waals surface area contributed by atoms with E-state index in [4.69, 9.17) is 4.74 Å². The molecule has 8 heteroatoms. The Morgan fingerprint density at radius 2 is 1.79 bits per heavy atom. The molecule has 0 aliphatic heterocycles. The van der Waals surface area contributed by atoms with Crippen molar-refractivity contribution in [3.05, 3.63) is 65.7 Å². The van der Waals surface area contributed by atoms with Gasteiger partial charge in [-0.15, -0.1) is 11.3 Å². The van der Waals surface area contributed by atoms with Crippen molar-refractivity contribution in [1.29, 1.82) is 0 Å². The van der Waals surface area contributed by atoms with E-state index in [1.54, 1.807) is 31.4 Å². The zero-order valence-corrected chi connectivity index (χ0v) is 16.1. The number of amides is 3. The number of hydrogen-bond acceptors (Lipinski definition) is 5. The molecular formula is C20H20N4O3S. The van der Waals surface area contributed by atoms with Gasteiger partial charge < -0.3 is 15.4 Å². The molecule has 7 nitrogen and oxygen atoms in total. The van der Waals surface area contributed by atoms with Crippen LogP contribution in [0.2, 0.25) is 0 Å². The molecule has 144 valence electrons. The smallest absolute Gasteiger partial charge is 0.325 e. The van der Waals surface area contributed by atoms with Gasteiger partial charge in [0.1, 0.15) is 5.75 Å². The first-order chi connectivity index (χ1) is 13.6. The van der Waals surface area contributed by atoms with Crippen LogP contribution in [0.4, 0.5) is 21.3 Å². The van der Waals surface area contributed by atoms with E-state index in [0.717, 1.165) is 5.69 Å². The van der Waals surface area contributed by atoms with Crippen molar-refractivity contribution in [3.8, 4) is 5.75 Å². The highest BCUT2D eigenvalue weighted by atomic mass is 32.1. The zero-order chi connectivity index (χ0) is 19.8. The predicted molar refractivity (Wildman–Crippen MR) is 111 cm³/mol. The van der Waals surface area contributed by atoms with Crippen LogP contribution in [0.5, 0.6) is 5.75 Å². The summed E-state index contributed by atoms with van der Waals surface area (Å²) in [5.74, 6) is 0.569. The number of thiazole rings is 1. The molecular weight excluding hydrogens is 376 g/mol. The third kappa shape index (κ3) is 5.82. The molecule has 3 amide bonds. The Bertz CT molecular complexity index is 943. The number of carbonyl (C=O) groups is 2. The molecule has 0 saturated heterocycles. The maximum Gasteiger partial charge on any atom is 0.325 e. The van der Waals surface area contributed by atoms with Crippen molar-refractivity contribution >= 4 is 39.8 Å². The van der Waals surface area contributed by atoms with Crippen LogP contribution in [0.3, 0.4) is 0 Å². The number of nitrogens with zero attached hydrogens (tertiary/aromatic N) is 1. The summed E-state index contributed by atoms with van der Waals surface area (Å²) in [7, 11) is 1.58. The SMILES string of the molecule is COc1cccc(NC(=O)CCc2csc(NC(=O)Nc3ccccc3)n2)c1. The number of para-hydroxylation sites is 1. The number of carbonyl (C=O) groups excluding carboxylic acids is 2. The summed E-state index contributed by atoms with van der Waals surface area (Å²) >= 11 is 1.32. The van der Waals surface area contributed by atoms with Crippen molar-refractivity contribution in [2.24, 2.45) is 0 Å². The Kier molecular flexibility index (Phi) is 6.59. The van der Waals surface area contributed by atoms with Gasteiger partial charge in [0.15, 0.2) is 5.13 Å². The Hall–Kier alpha value is -3.39. The number of anilines is 3. The van der Waals surface area contributed by atoms with Gasteiger partial charge in [-0.2, -0.15) is 0 Å². The lowest BCUT2D eigenvalue weighted by Gasteiger charge is -2.06. The fourth-order valence-electron chi connectivity index (χ4n) is 2.43. The number of aromatic nitrogens is 1. The summed E-state index contributed by atoms with van der Waals surface area (Å²) in [6.07, 6.45) is 0.769. The molecule has 3 rings (SSSR count). The molecule has 1 heterocycles. The van der Waals surface area contributed by atoms with Gasteiger partial charge in [-0.3, -0.25) is 10.1 Å². The highest BCUT2D eigenvalue weighted by Crippen LogP contribution is 2.19. The van der Waals surface area contributed by atoms with E-state index in [-0.39, 0.29) is 18.4 Å². The standard InChI is InChI=1S/C20H20N4O3S/c1-27-17-9-5-8-15(12-17)21-18(25)11-10-16-13-28-20(23-16)24-19(26)22-14-6-3-2-4-7-14/h2-9,12-13H,10-11H2,1H3,(H,21,25)(H2,22,23,24,26). The molecule has 0 bridgehead atoms. The van der Waals surface area contributed by atoms with Crippen molar-refractivity contribution in [2.75, 3.05) is 23.1 Å². The summed E-state index contributed by atoms with van der Waals surface area (Å²) in [5.41, 5.74) is 2.13. The normalized spacial score (nSPS) is 10.2. The van der Waals surface area contributed by atoms with Crippen molar-refractivity contribution in [2.45, 2.75) is 12.8 Å². The molecule has 0 spiro atoms. The maximum absolute atomic E-state index is 12.1. The Morgan fingerprint density at radius 3 is 2.57 bits per heavy atom. The number of benzene rings is 2. The second kappa shape index (κ2) is 9.52. The first-order valence-electron chi connectivity index (χ1n) is 8.64. The Morgan fingerprint density at radius 1 is 1.00 bits per heavy atom. The van der Waals surface area contributed by atoms with Gasteiger partial charge in [0, 0.05) is 29.2 Å². The molecule has 28 heavy (non-hydrogen) atoms. The van der Waals surface area contributed by atoms with E-state index in [9.17, 15) is 9.59 Å². The average molecular weight is 396 g/mol. The molecule has 3 aromatic rings. The summed E-state index contributed by atoms with van der Waals surface area (Å²) < 4.78 is 5.14. The van der Waals surface area contributed by atoms with Gasteiger partial charge in [0.2, 0.25) is 5.91 Å². The fraction of sp³-hybridized carbons (Fsp3) is 0.150. The minimum Gasteiger partial charge on any atom is -0.497 e. The van der Waals surface area contributed by atoms with E-state index in [0.29, 0.717) is 28.7 Å². The Balaban J connectivity index is 1.46. The second-order valence-corrected chi connectivity index (χ2v) is 6.73. The maximum atomic E-state index is 12.1. The second-order valence-electron chi connectivity index (χ2n) is 5.87. The number of aryl methyl sites for hydroxylation is 1. The largest absolute Gasteiger partial charge is 0.497 e. The molecule has 0 atom stereocenters. The van der Waals surface area contributed by atoms with Gasteiger partial charge in [-0.05, 0) is 30.7 Å². The third-order valence-electron chi connectivity index (χ3n) is 3.77. The van der Waals surface area contributed by atoms with Gasteiger partial charge in [0.25, 0.3) is 0 Å². The Labute approximate surface area is 166 Å². The highest BCUT2D eigenvalue weighted by Gasteiger charge is 2.09. The lowest BCUT2D eigenvalue weighted by Crippen LogP contribution is -2.19. The number of methoxy groups -OCH3 is 1. The monoisotopic (exact) mass is 396 g/mol. The van der Waals surface area contributed by atoms with Crippen LogP contribution in [0.15, 0.2) is 60.0 Å². The van der Waals surface area contributed by atoms with Crippen LogP contribution in [0, 0.1) is 0 Å². The number of hydrogen-bond donors (Lipinski definition) is 3. The van der Waals surface area contributed by atoms with Crippen LogP contribution in [0.1, 0.15) is 12.1 Å². The van der Waals surface area contributed by atoms with Crippen molar-refractivity contribution in [3.63, 3.8) is 0 Å². The molecule has 0 radical (unpaired) electrons.